The number of amides is 2. The summed E-state index contributed by atoms with van der Waals surface area (Å²) in [5, 5.41) is 10.4. The lowest BCUT2D eigenvalue weighted by Crippen LogP contribution is -2.34. The zero-order valence-corrected chi connectivity index (χ0v) is 21.2. The first kappa shape index (κ1) is 26.2. The number of benzene rings is 2. The average molecular weight is 565 g/mol. The van der Waals surface area contributed by atoms with Gasteiger partial charge in [0.05, 0.1) is 27.5 Å². The van der Waals surface area contributed by atoms with Gasteiger partial charge in [-0.25, -0.2) is 0 Å². The summed E-state index contributed by atoms with van der Waals surface area (Å²) in [7, 11) is 0. The predicted molar refractivity (Wildman–Crippen MR) is 132 cm³/mol. The highest BCUT2D eigenvalue weighted by Crippen LogP contribution is 2.39. The molecule has 1 fully saturated rings. The summed E-state index contributed by atoms with van der Waals surface area (Å²) in [6, 6.07) is 9.44. The second-order valence-corrected chi connectivity index (χ2v) is 8.90. The Morgan fingerprint density at radius 3 is 2.63 bits per heavy atom. The largest absolute Gasteiger partial charge is 0.490 e. The fourth-order valence-electron chi connectivity index (χ4n) is 3.11. The third-order valence-electron chi connectivity index (χ3n) is 4.60. The average Bonchev–Trinajstić information content (AvgIpc) is 3.06. The molecular weight excluding hydrogens is 544 g/mol. The number of non-ortho nitro benzene ring substituents is 1. The standard InChI is InChI=1S/C23H21BrN2O8S/c1-3-32-18-10-15(11-19-22(28)25(23(29)35-19)12-20(27)33-4-2)9-17(24)21(18)34-13-14-6-5-7-16(8-14)26(30)31/h5-11H,3-4,12-13H2,1-2H3/b19-11+. The van der Waals surface area contributed by atoms with Crippen molar-refractivity contribution in [3.8, 4) is 11.5 Å². The first-order chi connectivity index (χ1) is 16.7. The van der Waals surface area contributed by atoms with Crippen molar-refractivity contribution in [2.45, 2.75) is 20.5 Å². The Hall–Kier alpha value is -3.38. The molecule has 2 aromatic carbocycles. The molecule has 0 saturated carbocycles. The van der Waals surface area contributed by atoms with Gasteiger partial charge in [0.1, 0.15) is 13.2 Å². The fourth-order valence-corrected chi connectivity index (χ4v) is 4.53. The molecular formula is C23H21BrN2O8S. The molecule has 0 bridgehead atoms. The molecule has 10 nitrogen and oxygen atoms in total. The second kappa shape index (κ2) is 11.8. The Kier molecular flexibility index (Phi) is 8.88. The van der Waals surface area contributed by atoms with Crippen molar-refractivity contribution in [3.63, 3.8) is 0 Å². The van der Waals surface area contributed by atoms with Crippen LogP contribution in [0.15, 0.2) is 45.8 Å². The normalized spacial score (nSPS) is 14.4. The summed E-state index contributed by atoms with van der Waals surface area (Å²) in [5.74, 6) is -0.494. The van der Waals surface area contributed by atoms with E-state index < -0.39 is 28.6 Å². The Morgan fingerprint density at radius 1 is 1.17 bits per heavy atom. The number of ether oxygens (including phenoxy) is 3. The first-order valence-corrected chi connectivity index (χ1v) is 12.1. The quantitative estimate of drug-likeness (QED) is 0.171. The Labute approximate surface area is 213 Å². The number of imide groups is 1. The molecule has 1 aliphatic heterocycles. The van der Waals surface area contributed by atoms with Gasteiger partial charge in [0.15, 0.2) is 11.5 Å². The zero-order chi connectivity index (χ0) is 25.5. The van der Waals surface area contributed by atoms with Crippen molar-refractivity contribution in [1.29, 1.82) is 0 Å². The molecule has 2 amide bonds. The van der Waals surface area contributed by atoms with E-state index in [1.807, 2.05) is 0 Å². The summed E-state index contributed by atoms with van der Waals surface area (Å²) in [6.45, 7) is 3.52. The zero-order valence-electron chi connectivity index (χ0n) is 18.8. The molecule has 35 heavy (non-hydrogen) atoms. The van der Waals surface area contributed by atoms with Crippen LogP contribution in [0.2, 0.25) is 0 Å². The molecule has 12 heteroatoms. The van der Waals surface area contributed by atoms with E-state index in [4.69, 9.17) is 14.2 Å². The van der Waals surface area contributed by atoms with Crippen molar-refractivity contribution in [1.82, 2.24) is 4.90 Å². The van der Waals surface area contributed by atoms with E-state index >= 15 is 0 Å². The molecule has 0 atom stereocenters. The molecule has 1 saturated heterocycles. The van der Waals surface area contributed by atoms with Crippen LogP contribution >= 0.6 is 27.7 Å². The van der Waals surface area contributed by atoms with Crippen LogP contribution in [0.4, 0.5) is 10.5 Å². The van der Waals surface area contributed by atoms with E-state index in [1.165, 1.54) is 18.2 Å². The summed E-state index contributed by atoms with van der Waals surface area (Å²) >= 11 is 4.17. The van der Waals surface area contributed by atoms with E-state index in [2.05, 4.69) is 15.9 Å². The molecule has 0 spiro atoms. The minimum absolute atomic E-state index is 0.0394. The van der Waals surface area contributed by atoms with Gasteiger partial charge in [0.2, 0.25) is 0 Å². The number of halogens is 1. The Bertz CT molecular complexity index is 1200. The van der Waals surface area contributed by atoms with Crippen molar-refractivity contribution in [3.05, 3.63) is 67.0 Å². The maximum Gasteiger partial charge on any atom is 0.326 e. The van der Waals surface area contributed by atoms with Crippen LogP contribution in [-0.4, -0.2) is 46.7 Å². The highest BCUT2D eigenvalue weighted by molar-refractivity contribution is 9.10. The molecule has 2 aromatic rings. The van der Waals surface area contributed by atoms with E-state index in [9.17, 15) is 24.5 Å². The highest BCUT2D eigenvalue weighted by Gasteiger charge is 2.36. The number of esters is 1. The molecule has 184 valence electrons. The minimum Gasteiger partial charge on any atom is -0.490 e. The number of nitro benzene ring substituents is 1. The predicted octanol–water partition coefficient (Wildman–Crippen LogP) is 4.93. The van der Waals surface area contributed by atoms with Crippen LogP contribution in [-0.2, 0) is 20.9 Å². The van der Waals surface area contributed by atoms with Crippen molar-refractivity contribution in [2.24, 2.45) is 0 Å². The third-order valence-corrected chi connectivity index (χ3v) is 6.10. The van der Waals surface area contributed by atoms with Crippen LogP contribution in [0.5, 0.6) is 11.5 Å². The van der Waals surface area contributed by atoms with Gasteiger partial charge in [-0.05, 0) is 70.9 Å². The lowest BCUT2D eigenvalue weighted by Gasteiger charge is -2.15. The molecule has 3 rings (SSSR count). The maximum atomic E-state index is 12.6. The van der Waals surface area contributed by atoms with E-state index in [1.54, 1.807) is 38.1 Å². The van der Waals surface area contributed by atoms with Crippen LogP contribution < -0.4 is 9.47 Å². The van der Waals surface area contributed by atoms with Gasteiger partial charge in [0, 0.05) is 12.1 Å². The monoisotopic (exact) mass is 564 g/mol. The van der Waals surface area contributed by atoms with Gasteiger partial charge in [-0.2, -0.15) is 0 Å². The third kappa shape index (κ3) is 6.61. The number of nitrogens with zero attached hydrogens (tertiary/aromatic N) is 2. The van der Waals surface area contributed by atoms with Crippen molar-refractivity contribution in [2.75, 3.05) is 19.8 Å². The van der Waals surface area contributed by atoms with Crippen LogP contribution in [0, 0.1) is 10.1 Å². The molecule has 1 aliphatic rings. The molecule has 0 unspecified atom stereocenters. The molecule has 1 heterocycles. The SMILES string of the molecule is CCOC(=O)CN1C(=O)S/C(=C/c2cc(Br)c(OCc3cccc([N+](=O)[O-])c3)c(OCC)c2)C1=O. The minimum atomic E-state index is -0.664. The Balaban J connectivity index is 1.82. The number of carbonyl (C=O) groups excluding carboxylic acids is 3. The van der Waals surface area contributed by atoms with E-state index in [-0.39, 0.29) is 23.8 Å². The van der Waals surface area contributed by atoms with E-state index in [0.29, 0.717) is 33.7 Å². The van der Waals surface area contributed by atoms with Crippen LogP contribution in [0.25, 0.3) is 6.08 Å². The summed E-state index contributed by atoms with van der Waals surface area (Å²) in [6.07, 6.45) is 1.52. The molecule has 0 aromatic heterocycles. The van der Waals surface area contributed by atoms with Gasteiger partial charge in [-0.15, -0.1) is 0 Å². The van der Waals surface area contributed by atoms with Gasteiger partial charge in [0.25, 0.3) is 16.8 Å². The van der Waals surface area contributed by atoms with Crippen LogP contribution in [0.1, 0.15) is 25.0 Å². The Morgan fingerprint density at radius 2 is 1.94 bits per heavy atom. The van der Waals surface area contributed by atoms with E-state index in [0.717, 1.165) is 16.7 Å². The second-order valence-electron chi connectivity index (χ2n) is 7.05. The van der Waals surface area contributed by atoms with Crippen molar-refractivity contribution >= 4 is 56.6 Å². The molecule has 0 radical (unpaired) electrons. The topological polar surface area (TPSA) is 125 Å². The first-order valence-electron chi connectivity index (χ1n) is 10.5. The molecule has 0 aliphatic carbocycles. The van der Waals surface area contributed by atoms with Crippen LogP contribution in [0.3, 0.4) is 0 Å². The lowest BCUT2D eigenvalue weighted by atomic mass is 10.1. The smallest absolute Gasteiger partial charge is 0.326 e. The van der Waals surface area contributed by atoms with Gasteiger partial charge in [-0.3, -0.25) is 29.4 Å². The fraction of sp³-hybridized carbons (Fsp3) is 0.261. The lowest BCUT2D eigenvalue weighted by molar-refractivity contribution is -0.384. The number of nitro groups is 1. The summed E-state index contributed by atoms with van der Waals surface area (Å²) in [5.41, 5.74) is 1.13. The van der Waals surface area contributed by atoms with Gasteiger partial charge < -0.3 is 14.2 Å². The number of carbonyl (C=O) groups is 3. The van der Waals surface area contributed by atoms with Gasteiger partial charge in [-0.1, -0.05) is 12.1 Å². The number of rotatable bonds is 10. The van der Waals surface area contributed by atoms with Gasteiger partial charge >= 0.3 is 5.97 Å². The number of hydrogen-bond acceptors (Lipinski definition) is 9. The molecule has 0 N–H and O–H groups in total. The summed E-state index contributed by atoms with van der Waals surface area (Å²) < 4.78 is 16.9. The highest BCUT2D eigenvalue weighted by atomic mass is 79.9. The number of hydrogen-bond donors (Lipinski definition) is 0. The number of thioether (sulfide) groups is 1. The maximum absolute atomic E-state index is 12.6. The van der Waals surface area contributed by atoms with Crippen molar-refractivity contribution < 1.29 is 33.5 Å². The summed E-state index contributed by atoms with van der Waals surface area (Å²) in [4.78, 5) is 48.1.